The van der Waals surface area contributed by atoms with Crippen molar-refractivity contribution >= 4 is 11.8 Å². The predicted molar refractivity (Wildman–Crippen MR) is 76.6 cm³/mol. The van der Waals surface area contributed by atoms with Crippen LogP contribution in [-0.2, 0) is 9.59 Å². The maximum atomic E-state index is 12.0. The molecule has 19 heavy (non-hydrogen) atoms. The van der Waals surface area contributed by atoms with Crippen molar-refractivity contribution in [3.63, 3.8) is 0 Å². The Kier molecular flexibility index (Phi) is 6.32. The zero-order valence-electron chi connectivity index (χ0n) is 12.7. The first-order chi connectivity index (χ1) is 8.93. The summed E-state index contributed by atoms with van der Waals surface area (Å²) >= 11 is 0. The third-order valence-corrected chi connectivity index (χ3v) is 3.90. The molecule has 1 aliphatic rings. The Bertz CT molecular complexity index is 307. The molecule has 1 saturated carbocycles. The molecule has 0 saturated heterocycles. The molecule has 0 aromatic carbocycles. The first-order valence-electron chi connectivity index (χ1n) is 7.54. The summed E-state index contributed by atoms with van der Waals surface area (Å²) < 4.78 is 0. The van der Waals surface area contributed by atoms with Gasteiger partial charge in [-0.15, -0.1) is 0 Å². The van der Waals surface area contributed by atoms with E-state index < -0.39 is 0 Å². The quantitative estimate of drug-likeness (QED) is 0.803. The molecule has 110 valence electrons. The summed E-state index contributed by atoms with van der Waals surface area (Å²) in [5, 5.41) is 5.99. The Morgan fingerprint density at radius 2 is 1.37 bits per heavy atom. The number of rotatable bonds is 5. The van der Waals surface area contributed by atoms with Crippen molar-refractivity contribution in [3.05, 3.63) is 0 Å². The Balaban J connectivity index is 2.36. The van der Waals surface area contributed by atoms with Crippen LogP contribution >= 0.6 is 0 Å². The van der Waals surface area contributed by atoms with Crippen LogP contribution in [0.1, 0.15) is 59.8 Å². The lowest BCUT2D eigenvalue weighted by molar-refractivity contribution is -0.131. The van der Waals surface area contributed by atoms with Crippen molar-refractivity contribution in [3.8, 4) is 0 Å². The molecular formula is C15H28N2O2. The second kappa shape index (κ2) is 7.51. The van der Waals surface area contributed by atoms with E-state index in [0.717, 1.165) is 32.1 Å². The summed E-state index contributed by atoms with van der Waals surface area (Å²) in [7, 11) is 0. The number of amides is 2. The molecule has 0 radical (unpaired) electrons. The molecule has 4 nitrogen and oxygen atoms in total. The molecule has 0 spiro atoms. The van der Waals surface area contributed by atoms with Gasteiger partial charge in [0.2, 0.25) is 11.8 Å². The Morgan fingerprint density at radius 3 is 1.74 bits per heavy atom. The summed E-state index contributed by atoms with van der Waals surface area (Å²) in [4.78, 5) is 23.9. The lowest BCUT2D eigenvalue weighted by Crippen LogP contribution is -2.41. The van der Waals surface area contributed by atoms with Crippen LogP contribution in [0.15, 0.2) is 0 Å². The van der Waals surface area contributed by atoms with Gasteiger partial charge < -0.3 is 10.6 Å². The van der Waals surface area contributed by atoms with Crippen molar-refractivity contribution in [2.45, 2.75) is 71.9 Å². The molecule has 1 unspecified atom stereocenters. The minimum absolute atomic E-state index is 0.0926. The fourth-order valence-corrected chi connectivity index (χ4v) is 2.48. The van der Waals surface area contributed by atoms with Crippen LogP contribution in [-0.4, -0.2) is 23.9 Å². The summed E-state index contributed by atoms with van der Waals surface area (Å²) in [6, 6.07) is 0.438. The van der Waals surface area contributed by atoms with Crippen LogP contribution < -0.4 is 10.6 Å². The number of carbonyl (C=O) groups is 2. The molecule has 4 heteroatoms. The van der Waals surface area contributed by atoms with E-state index >= 15 is 0 Å². The van der Waals surface area contributed by atoms with Gasteiger partial charge >= 0.3 is 0 Å². The van der Waals surface area contributed by atoms with E-state index in [9.17, 15) is 9.59 Å². The Hall–Kier alpha value is -1.06. The molecule has 0 aliphatic heterocycles. The summed E-state index contributed by atoms with van der Waals surface area (Å²) in [6.07, 6.45) is 4.28. The van der Waals surface area contributed by atoms with E-state index in [1.165, 1.54) is 0 Å². The lowest BCUT2D eigenvalue weighted by atomic mass is 9.81. The molecule has 1 fully saturated rings. The monoisotopic (exact) mass is 268 g/mol. The fraction of sp³-hybridized carbons (Fsp3) is 0.867. The zero-order chi connectivity index (χ0) is 14.4. The molecule has 1 rings (SSSR count). The number of carbonyl (C=O) groups excluding carboxylic acids is 2. The van der Waals surface area contributed by atoms with E-state index in [-0.39, 0.29) is 35.7 Å². The molecule has 1 aliphatic carbocycles. The second-order valence-electron chi connectivity index (χ2n) is 6.03. The topological polar surface area (TPSA) is 58.2 Å². The average Bonchev–Trinajstić information content (AvgIpc) is 2.37. The predicted octanol–water partition coefficient (Wildman–Crippen LogP) is 2.23. The summed E-state index contributed by atoms with van der Waals surface area (Å²) in [6.45, 7) is 8.05. The van der Waals surface area contributed by atoms with Gasteiger partial charge in [0.1, 0.15) is 0 Å². The summed E-state index contributed by atoms with van der Waals surface area (Å²) in [5.41, 5.74) is 0. The van der Waals surface area contributed by atoms with Crippen LogP contribution in [0, 0.1) is 11.8 Å². The van der Waals surface area contributed by atoms with Gasteiger partial charge in [0, 0.05) is 23.9 Å². The van der Waals surface area contributed by atoms with Gasteiger partial charge in [-0.2, -0.15) is 0 Å². The number of hydrogen-bond acceptors (Lipinski definition) is 2. The third-order valence-electron chi connectivity index (χ3n) is 3.90. The van der Waals surface area contributed by atoms with E-state index in [4.69, 9.17) is 0 Å². The van der Waals surface area contributed by atoms with Crippen LogP contribution in [0.25, 0.3) is 0 Å². The van der Waals surface area contributed by atoms with Gasteiger partial charge in [-0.3, -0.25) is 9.59 Å². The molecule has 2 amide bonds. The SMILES string of the molecule is CCC(C)NC(=O)C1CCC(C(=O)NC(C)C)CC1. The summed E-state index contributed by atoms with van der Waals surface area (Å²) in [5.74, 6) is 0.500. The van der Waals surface area contributed by atoms with E-state index in [1.54, 1.807) is 0 Å². The van der Waals surface area contributed by atoms with Gasteiger partial charge in [0.25, 0.3) is 0 Å². The van der Waals surface area contributed by atoms with Gasteiger partial charge in [-0.25, -0.2) is 0 Å². The van der Waals surface area contributed by atoms with Gasteiger partial charge in [-0.05, 0) is 52.9 Å². The average molecular weight is 268 g/mol. The Labute approximate surface area is 116 Å². The maximum Gasteiger partial charge on any atom is 0.223 e. The molecular weight excluding hydrogens is 240 g/mol. The highest BCUT2D eigenvalue weighted by molar-refractivity contribution is 5.81. The van der Waals surface area contributed by atoms with Crippen molar-refractivity contribution < 1.29 is 9.59 Å². The lowest BCUT2D eigenvalue weighted by Gasteiger charge is -2.28. The minimum atomic E-state index is 0.0926. The van der Waals surface area contributed by atoms with Crippen LogP contribution in [0.2, 0.25) is 0 Å². The van der Waals surface area contributed by atoms with Crippen LogP contribution in [0.3, 0.4) is 0 Å². The smallest absolute Gasteiger partial charge is 0.223 e. The van der Waals surface area contributed by atoms with Crippen molar-refractivity contribution in [1.82, 2.24) is 10.6 Å². The molecule has 0 aromatic rings. The zero-order valence-corrected chi connectivity index (χ0v) is 12.7. The van der Waals surface area contributed by atoms with Gasteiger partial charge in [-0.1, -0.05) is 6.92 Å². The molecule has 0 heterocycles. The molecule has 2 N–H and O–H groups in total. The Morgan fingerprint density at radius 1 is 0.947 bits per heavy atom. The fourth-order valence-electron chi connectivity index (χ4n) is 2.48. The van der Waals surface area contributed by atoms with Crippen LogP contribution in [0.4, 0.5) is 0 Å². The standard InChI is InChI=1S/C15H28N2O2/c1-5-11(4)17-15(19)13-8-6-12(7-9-13)14(18)16-10(2)3/h10-13H,5-9H2,1-4H3,(H,16,18)(H,17,19). The molecule has 0 bridgehead atoms. The van der Waals surface area contributed by atoms with Crippen molar-refractivity contribution in [2.24, 2.45) is 11.8 Å². The first-order valence-corrected chi connectivity index (χ1v) is 7.54. The maximum absolute atomic E-state index is 12.0. The van der Waals surface area contributed by atoms with Crippen LogP contribution in [0.5, 0.6) is 0 Å². The normalized spacial score (nSPS) is 24.9. The number of nitrogens with one attached hydrogen (secondary N) is 2. The first kappa shape index (κ1) is 16.0. The van der Waals surface area contributed by atoms with E-state index in [1.807, 2.05) is 20.8 Å². The largest absolute Gasteiger partial charge is 0.354 e. The second-order valence-corrected chi connectivity index (χ2v) is 6.03. The molecule has 0 aromatic heterocycles. The molecule has 1 atom stereocenters. The van der Waals surface area contributed by atoms with Gasteiger partial charge in [0.05, 0.1) is 0 Å². The van der Waals surface area contributed by atoms with E-state index in [2.05, 4.69) is 17.6 Å². The van der Waals surface area contributed by atoms with E-state index in [0.29, 0.717) is 0 Å². The minimum Gasteiger partial charge on any atom is -0.354 e. The van der Waals surface area contributed by atoms with Crippen molar-refractivity contribution in [1.29, 1.82) is 0 Å². The third kappa shape index (κ3) is 5.21. The highest BCUT2D eigenvalue weighted by Gasteiger charge is 2.30. The van der Waals surface area contributed by atoms with Crippen molar-refractivity contribution in [2.75, 3.05) is 0 Å². The van der Waals surface area contributed by atoms with Gasteiger partial charge in [0.15, 0.2) is 0 Å². The number of hydrogen-bond donors (Lipinski definition) is 2. The highest BCUT2D eigenvalue weighted by atomic mass is 16.2. The highest BCUT2D eigenvalue weighted by Crippen LogP contribution is 2.29.